The van der Waals surface area contributed by atoms with Crippen molar-refractivity contribution in [3.05, 3.63) is 65.7 Å². The van der Waals surface area contributed by atoms with Crippen LogP contribution in [0.5, 0.6) is 0 Å². The van der Waals surface area contributed by atoms with E-state index in [2.05, 4.69) is 27.5 Å². The summed E-state index contributed by atoms with van der Waals surface area (Å²) >= 11 is 0. The Labute approximate surface area is 227 Å². The predicted octanol–water partition coefficient (Wildman–Crippen LogP) is 4.35. The number of piperidine rings is 1. The number of halogens is 1. The number of aromatic nitrogens is 2. The maximum absolute atomic E-state index is 14.2. The molecule has 1 aliphatic heterocycles. The Morgan fingerprint density at radius 1 is 1.10 bits per heavy atom. The first kappa shape index (κ1) is 26.8. The molecule has 8 nitrogen and oxygen atoms in total. The van der Waals surface area contributed by atoms with E-state index < -0.39 is 23.8 Å². The third-order valence-electron chi connectivity index (χ3n) is 8.04. The van der Waals surface area contributed by atoms with E-state index in [1.54, 1.807) is 19.1 Å². The predicted molar refractivity (Wildman–Crippen MR) is 146 cm³/mol. The van der Waals surface area contributed by atoms with E-state index in [4.69, 9.17) is 0 Å². The number of rotatable bonds is 9. The number of hydrogen-bond donors (Lipinski definition) is 3. The number of benzene rings is 2. The van der Waals surface area contributed by atoms with E-state index in [1.807, 2.05) is 35.2 Å². The second-order valence-corrected chi connectivity index (χ2v) is 10.8. The Balaban J connectivity index is 1.30. The van der Waals surface area contributed by atoms with Gasteiger partial charge in [0.2, 0.25) is 17.7 Å². The number of carbonyl (C=O) groups is 3. The molecule has 2 heterocycles. The number of imidazole rings is 1. The number of nitrogens with zero attached hydrogens (tertiary/aromatic N) is 2. The van der Waals surface area contributed by atoms with Crippen LogP contribution in [0.1, 0.15) is 75.7 Å². The molecule has 1 aliphatic carbocycles. The first-order valence-electron chi connectivity index (χ1n) is 13.9. The molecule has 1 saturated carbocycles. The van der Waals surface area contributed by atoms with Gasteiger partial charge in [-0.05, 0) is 62.6 Å². The number of amides is 3. The number of aromatic amines is 1. The average Bonchev–Trinajstić information content (AvgIpc) is 3.63. The van der Waals surface area contributed by atoms with Crippen molar-refractivity contribution >= 4 is 28.8 Å². The van der Waals surface area contributed by atoms with Crippen LogP contribution in [0.25, 0.3) is 11.0 Å². The van der Waals surface area contributed by atoms with Gasteiger partial charge in [0.25, 0.3) is 0 Å². The molecule has 206 valence electrons. The van der Waals surface area contributed by atoms with Crippen molar-refractivity contribution in [1.82, 2.24) is 25.5 Å². The normalized spacial score (nSPS) is 22.2. The van der Waals surface area contributed by atoms with Gasteiger partial charge in [-0.25, -0.2) is 9.37 Å². The summed E-state index contributed by atoms with van der Waals surface area (Å²) in [4.78, 5) is 49.3. The molecule has 5 atom stereocenters. The third-order valence-corrected chi connectivity index (χ3v) is 8.04. The molecular weight excluding hydrogens is 497 g/mol. The minimum atomic E-state index is -1.02. The molecule has 3 aromatic rings. The van der Waals surface area contributed by atoms with Crippen LogP contribution in [-0.2, 0) is 14.4 Å². The average molecular weight is 534 g/mol. The third kappa shape index (κ3) is 5.97. The standard InChI is InChI=1S/C30H36FN5O3/c1-3-20-12-7-8-15-36(20)26(37)17-25(34-29(38)22-16-21(22)19-10-5-4-6-11-19)30(39)32-18(2)28-33-24-14-9-13-23(31)27(24)35-28/h4-6,9-11,13-14,18,20-22,25H,3,7-8,12,15-17H2,1-2H3,(H,32,39)(H,33,35)(H,34,38)/t18-,20?,21+,22-,25?/m0/s1. The maximum Gasteiger partial charge on any atom is 0.243 e. The van der Waals surface area contributed by atoms with Crippen molar-refractivity contribution in [2.24, 2.45) is 5.92 Å². The molecule has 2 aliphatic rings. The topological polar surface area (TPSA) is 107 Å². The van der Waals surface area contributed by atoms with Gasteiger partial charge in [0, 0.05) is 18.5 Å². The Morgan fingerprint density at radius 3 is 2.64 bits per heavy atom. The molecule has 9 heteroatoms. The lowest BCUT2D eigenvalue weighted by Crippen LogP contribution is -2.52. The first-order valence-corrected chi connectivity index (χ1v) is 13.9. The Bertz CT molecular complexity index is 1340. The van der Waals surface area contributed by atoms with Crippen molar-refractivity contribution in [3.8, 4) is 0 Å². The lowest BCUT2D eigenvalue weighted by Gasteiger charge is -2.36. The van der Waals surface area contributed by atoms with E-state index in [1.165, 1.54) is 6.07 Å². The van der Waals surface area contributed by atoms with Crippen molar-refractivity contribution in [2.45, 2.75) is 76.4 Å². The molecule has 3 N–H and O–H groups in total. The lowest BCUT2D eigenvalue weighted by molar-refractivity contribution is -0.139. The fraction of sp³-hybridized carbons (Fsp3) is 0.467. The second-order valence-electron chi connectivity index (χ2n) is 10.8. The van der Waals surface area contributed by atoms with E-state index in [-0.39, 0.29) is 41.6 Å². The number of fused-ring (bicyclic) bond motifs is 1. The van der Waals surface area contributed by atoms with Gasteiger partial charge >= 0.3 is 0 Å². The Morgan fingerprint density at radius 2 is 1.90 bits per heavy atom. The van der Waals surface area contributed by atoms with Crippen LogP contribution in [0.3, 0.4) is 0 Å². The minimum absolute atomic E-state index is 0.113. The zero-order valence-corrected chi connectivity index (χ0v) is 22.5. The van der Waals surface area contributed by atoms with Crippen molar-refractivity contribution in [2.75, 3.05) is 6.54 Å². The van der Waals surface area contributed by atoms with Gasteiger partial charge in [0.15, 0.2) is 5.82 Å². The van der Waals surface area contributed by atoms with Crippen molar-refractivity contribution in [1.29, 1.82) is 0 Å². The van der Waals surface area contributed by atoms with E-state index in [9.17, 15) is 18.8 Å². The highest BCUT2D eigenvalue weighted by molar-refractivity contribution is 5.93. The second kappa shape index (κ2) is 11.6. The van der Waals surface area contributed by atoms with Crippen LogP contribution in [0, 0.1) is 11.7 Å². The highest BCUT2D eigenvalue weighted by Gasteiger charge is 2.45. The van der Waals surface area contributed by atoms with Crippen LogP contribution in [0.15, 0.2) is 48.5 Å². The molecular formula is C30H36FN5O3. The molecule has 5 rings (SSSR count). The zero-order chi connectivity index (χ0) is 27.5. The van der Waals surface area contributed by atoms with Gasteiger partial charge in [-0.15, -0.1) is 0 Å². The molecule has 3 amide bonds. The highest BCUT2D eigenvalue weighted by atomic mass is 19.1. The molecule has 0 bridgehead atoms. The fourth-order valence-electron chi connectivity index (χ4n) is 5.69. The number of carbonyl (C=O) groups excluding carboxylic acids is 3. The summed E-state index contributed by atoms with van der Waals surface area (Å²) in [6.45, 7) is 4.47. The summed E-state index contributed by atoms with van der Waals surface area (Å²) in [5, 5.41) is 5.76. The summed E-state index contributed by atoms with van der Waals surface area (Å²) in [6.07, 6.45) is 4.43. The van der Waals surface area contributed by atoms with Crippen LogP contribution in [0.2, 0.25) is 0 Å². The molecule has 1 aromatic heterocycles. The molecule has 0 radical (unpaired) electrons. The van der Waals surface area contributed by atoms with Crippen molar-refractivity contribution in [3.63, 3.8) is 0 Å². The largest absolute Gasteiger partial charge is 0.345 e. The lowest BCUT2D eigenvalue weighted by atomic mass is 9.98. The van der Waals surface area contributed by atoms with Crippen LogP contribution < -0.4 is 10.6 Å². The van der Waals surface area contributed by atoms with Gasteiger partial charge in [-0.2, -0.15) is 0 Å². The summed E-state index contributed by atoms with van der Waals surface area (Å²) in [6, 6.07) is 13.0. The highest BCUT2D eigenvalue weighted by Crippen LogP contribution is 2.47. The minimum Gasteiger partial charge on any atom is -0.345 e. The molecule has 0 spiro atoms. The Hall–Kier alpha value is -3.75. The maximum atomic E-state index is 14.2. The summed E-state index contributed by atoms with van der Waals surface area (Å²) < 4.78 is 14.2. The van der Waals surface area contributed by atoms with Gasteiger partial charge in [-0.3, -0.25) is 14.4 Å². The number of hydrogen-bond acceptors (Lipinski definition) is 4. The van der Waals surface area contributed by atoms with Crippen LogP contribution >= 0.6 is 0 Å². The Kier molecular flexibility index (Phi) is 7.95. The molecule has 1 saturated heterocycles. The molecule has 2 unspecified atom stereocenters. The fourth-order valence-corrected chi connectivity index (χ4v) is 5.69. The van der Waals surface area contributed by atoms with Crippen LogP contribution in [0.4, 0.5) is 4.39 Å². The van der Waals surface area contributed by atoms with Gasteiger partial charge in [-0.1, -0.05) is 43.3 Å². The summed E-state index contributed by atoms with van der Waals surface area (Å²) in [7, 11) is 0. The molecule has 2 aromatic carbocycles. The number of para-hydroxylation sites is 1. The number of H-pyrrole nitrogens is 1. The van der Waals surface area contributed by atoms with E-state index in [0.717, 1.165) is 31.2 Å². The molecule has 2 fully saturated rings. The zero-order valence-electron chi connectivity index (χ0n) is 22.5. The van der Waals surface area contributed by atoms with Gasteiger partial charge < -0.3 is 20.5 Å². The van der Waals surface area contributed by atoms with E-state index in [0.29, 0.717) is 24.3 Å². The quantitative estimate of drug-likeness (QED) is 0.380. The van der Waals surface area contributed by atoms with Crippen LogP contribution in [-0.4, -0.2) is 51.2 Å². The smallest absolute Gasteiger partial charge is 0.243 e. The SMILES string of the molecule is CCC1CCCCN1C(=O)CC(NC(=O)[C@H]1C[C@@H]1c1ccccc1)C(=O)N[C@@H](C)c1nc2c(F)cccc2[nH]1. The molecule has 39 heavy (non-hydrogen) atoms. The van der Waals surface area contributed by atoms with E-state index >= 15 is 0 Å². The van der Waals surface area contributed by atoms with Gasteiger partial charge in [0.1, 0.15) is 17.4 Å². The number of likely N-dealkylation sites (tertiary alicyclic amines) is 1. The van der Waals surface area contributed by atoms with Gasteiger partial charge in [0.05, 0.1) is 18.0 Å². The monoisotopic (exact) mass is 533 g/mol. The summed E-state index contributed by atoms with van der Waals surface area (Å²) in [5.74, 6) is -0.987. The summed E-state index contributed by atoms with van der Waals surface area (Å²) in [5.41, 5.74) is 1.83. The first-order chi connectivity index (χ1) is 18.9. The number of nitrogens with one attached hydrogen (secondary N) is 3. The van der Waals surface area contributed by atoms with Crippen molar-refractivity contribution < 1.29 is 18.8 Å².